The van der Waals surface area contributed by atoms with Gasteiger partial charge >= 0.3 is 0 Å². The Morgan fingerprint density at radius 3 is 2.83 bits per heavy atom. The molecule has 0 aromatic heterocycles. The average Bonchev–Trinajstić information content (AvgIpc) is 2.32. The number of hydrogen-bond donors (Lipinski definition) is 0. The molecule has 1 aliphatic carbocycles. The summed E-state index contributed by atoms with van der Waals surface area (Å²) in [4.78, 5) is 0. The SMILES string of the molecule is C=CC(=C\CC(C)C)/C1=C/C/C=C(F)\C=C/C1C. The van der Waals surface area contributed by atoms with Gasteiger partial charge in [-0.2, -0.15) is 0 Å². The smallest absolute Gasteiger partial charge is 0.119 e. The molecule has 0 fully saturated rings. The van der Waals surface area contributed by atoms with Crippen molar-refractivity contribution in [2.24, 2.45) is 11.8 Å². The second-order valence-electron chi connectivity index (χ2n) is 5.13. The summed E-state index contributed by atoms with van der Waals surface area (Å²) in [6.07, 6.45) is 13.0. The van der Waals surface area contributed by atoms with Crippen molar-refractivity contribution < 1.29 is 4.39 Å². The van der Waals surface area contributed by atoms with Gasteiger partial charge in [-0.1, -0.05) is 51.7 Å². The van der Waals surface area contributed by atoms with Gasteiger partial charge in [-0.05, 0) is 48.0 Å². The third-order valence-corrected chi connectivity index (χ3v) is 3.05. The number of halogens is 1. The molecule has 0 aromatic carbocycles. The number of rotatable bonds is 4. The van der Waals surface area contributed by atoms with Crippen LogP contribution in [0.3, 0.4) is 0 Å². The highest BCUT2D eigenvalue weighted by Crippen LogP contribution is 2.26. The normalized spacial score (nSPS) is 28.7. The van der Waals surface area contributed by atoms with Crippen molar-refractivity contribution in [2.75, 3.05) is 0 Å². The van der Waals surface area contributed by atoms with Gasteiger partial charge in [0.2, 0.25) is 0 Å². The molecular formula is C17H23F. The van der Waals surface area contributed by atoms with Crippen LogP contribution in [-0.2, 0) is 0 Å². The minimum Gasteiger partial charge on any atom is -0.207 e. The molecule has 1 rings (SSSR count). The summed E-state index contributed by atoms with van der Waals surface area (Å²) in [7, 11) is 0. The van der Waals surface area contributed by atoms with E-state index < -0.39 is 0 Å². The van der Waals surface area contributed by atoms with Crippen molar-refractivity contribution in [3.63, 3.8) is 0 Å². The van der Waals surface area contributed by atoms with Gasteiger partial charge in [-0.3, -0.25) is 0 Å². The zero-order valence-corrected chi connectivity index (χ0v) is 11.6. The van der Waals surface area contributed by atoms with Gasteiger partial charge in [0.15, 0.2) is 0 Å². The summed E-state index contributed by atoms with van der Waals surface area (Å²) in [5.41, 5.74) is 2.42. The molecule has 0 amide bonds. The topological polar surface area (TPSA) is 0 Å². The highest BCUT2D eigenvalue weighted by atomic mass is 19.1. The molecule has 1 aliphatic rings. The summed E-state index contributed by atoms with van der Waals surface area (Å²) in [6.45, 7) is 10.4. The van der Waals surface area contributed by atoms with E-state index in [1.165, 1.54) is 11.1 Å². The molecule has 0 N–H and O–H groups in total. The first-order valence-electron chi connectivity index (χ1n) is 6.61. The first-order chi connectivity index (χ1) is 8.54. The van der Waals surface area contributed by atoms with Crippen molar-refractivity contribution in [3.8, 4) is 0 Å². The quantitative estimate of drug-likeness (QED) is 0.573. The molecule has 0 radical (unpaired) electrons. The zero-order valence-electron chi connectivity index (χ0n) is 11.6. The summed E-state index contributed by atoms with van der Waals surface area (Å²) in [5.74, 6) is 0.710. The van der Waals surface area contributed by atoms with Crippen LogP contribution in [0, 0.1) is 11.8 Å². The van der Waals surface area contributed by atoms with Crippen molar-refractivity contribution in [2.45, 2.75) is 33.6 Å². The minimum atomic E-state index is -0.150. The van der Waals surface area contributed by atoms with Crippen LogP contribution < -0.4 is 0 Å². The molecule has 18 heavy (non-hydrogen) atoms. The molecule has 98 valence electrons. The van der Waals surface area contributed by atoms with E-state index >= 15 is 0 Å². The Labute approximate surface area is 110 Å². The van der Waals surface area contributed by atoms with E-state index in [2.05, 4.69) is 39.5 Å². The fourth-order valence-corrected chi connectivity index (χ4v) is 1.95. The largest absolute Gasteiger partial charge is 0.207 e. The fraction of sp³-hybridized carbons (Fsp3) is 0.412. The molecule has 0 nitrogen and oxygen atoms in total. The maximum Gasteiger partial charge on any atom is 0.119 e. The van der Waals surface area contributed by atoms with E-state index in [9.17, 15) is 4.39 Å². The van der Waals surface area contributed by atoms with Gasteiger partial charge < -0.3 is 0 Å². The van der Waals surface area contributed by atoms with Crippen LogP contribution in [0.2, 0.25) is 0 Å². The van der Waals surface area contributed by atoms with E-state index in [0.717, 1.165) is 6.42 Å². The third kappa shape index (κ3) is 4.48. The molecular weight excluding hydrogens is 223 g/mol. The summed E-state index contributed by atoms with van der Waals surface area (Å²) < 4.78 is 13.2. The van der Waals surface area contributed by atoms with E-state index in [1.54, 1.807) is 12.2 Å². The van der Waals surface area contributed by atoms with Gasteiger partial charge in [-0.25, -0.2) is 4.39 Å². The second kappa shape index (κ2) is 7.15. The molecule has 1 heteroatoms. The second-order valence-corrected chi connectivity index (χ2v) is 5.13. The Hall–Kier alpha value is -1.37. The monoisotopic (exact) mass is 246 g/mol. The molecule has 1 atom stereocenters. The Balaban J connectivity index is 2.97. The van der Waals surface area contributed by atoms with Crippen LogP contribution in [0.5, 0.6) is 0 Å². The van der Waals surface area contributed by atoms with E-state index in [-0.39, 0.29) is 11.7 Å². The van der Waals surface area contributed by atoms with Crippen LogP contribution in [-0.4, -0.2) is 0 Å². The van der Waals surface area contributed by atoms with Crippen molar-refractivity contribution in [3.05, 3.63) is 60.0 Å². The molecule has 0 spiro atoms. The molecule has 0 saturated carbocycles. The Kier molecular flexibility index (Phi) is 5.84. The van der Waals surface area contributed by atoms with E-state index in [0.29, 0.717) is 12.3 Å². The number of hydrogen-bond acceptors (Lipinski definition) is 0. The zero-order chi connectivity index (χ0) is 13.5. The lowest BCUT2D eigenvalue weighted by Crippen LogP contribution is -2.00. The lowest BCUT2D eigenvalue weighted by molar-refractivity contribution is 0.656. The first-order valence-corrected chi connectivity index (χ1v) is 6.61. The molecule has 0 saturated heterocycles. The first kappa shape index (κ1) is 14.7. The summed E-state index contributed by atoms with van der Waals surface area (Å²) in [6, 6.07) is 0. The van der Waals surface area contributed by atoms with Crippen LogP contribution in [0.4, 0.5) is 4.39 Å². The van der Waals surface area contributed by atoms with Crippen LogP contribution in [0.25, 0.3) is 0 Å². The van der Waals surface area contributed by atoms with E-state index in [4.69, 9.17) is 0 Å². The lowest BCUT2D eigenvalue weighted by atomic mass is 9.90. The predicted octanol–water partition coefficient (Wildman–Crippen LogP) is 5.52. The Morgan fingerprint density at radius 2 is 2.22 bits per heavy atom. The Morgan fingerprint density at radius 1 is 1.50 bits per heavy atom. The average molecular weight is 246 g/mol. The fourth-order valence-electron chi connectivity index (χ4n) is 1.95. The van der Waals surface area contributed by atoms with Crippen molar-refractivity contribution in [1.29, 1.82) is 0 Å². The van der Waals surface area contributed by atoms with Gasteiger partial charge in [0.25, 0.3) is 0 Å². The Bertz CT molecular complexity index is 405. The highest BCUT2D eigenvalue weighted by Gasteiger charge is 2.10. The van der Waals surface area contributed by atoms with Crippen LogP contribution >= 0.6 is 0 Å². The lowest BCUT2D eigenvalue weighted by Gasteiger charge is -2.16. The van der Waals surface area contributed by atoms with Crippen molar-refractivity contribution in [1.82, 2.24) is 0 Å². The van der Waals surface area contributed by atoms with Crippen LogP contribution in [0.1, 0.15) is 33.6 Å². The highest BCUT2D eigenvalue weighted by molar-refractivity contribution is 5.43. The minimum absolute atomic E-state index is 0.150. The molecule has 0 aliphatic heterocycles. The predicted molar refractivity (Wildman–Crippen MR) is 77.9 cm³/mol. The maximum atomic E-state index is 13.2. The maximum absolute atomic E-state index is 13.2. The number of allylic oxidation sites excluding steroid dienone is 9. The van der Waals surface area contributed by atoms with Crippen LogP contribution in [0.15, 0.2) is 60.0 Å². The van der Waals surface area contributed by atoms with Gasteiger partial charge in [0, 0.05) is 0 Å². The molecule has 1 unspecified atom stereocenters. The molecule has 0 heterocycles. The van der Waals surface area contributed by atoms with Gasteiger partial charge in [0.05, 0.1) is 0 Å². The van der Waals surface area contributed by atoms with Gasteiger partial charge in [-0.15, -0.1) is 0 Å². The summed E-state index contributed by atoms with van der Waals surface area (Å²) in [5, 5.41) is 0. The van der Waals surface area contributed by atoms with Gasteiger partial charge in [0.1, 0.15) is 5.83 Å². The molecule has 0 aromatic rings. The third-order valence-electron chi connectivity index (χ3n) is 3.05. The van der Waals surface area contributed by atoms with Crippen molar-refractivity contribution >= 4 is 0 Å². The molecule has 0 bridgehead atoms. The standard InChI is InChI=1S/C17H23F/c1-5-15(11-9-13(2)3)17-8-6-7-16(18)12-10-14(17)4/h5,7-8,10-14H,1,6,9H2,2-4H3/b12-10-,15-11+,16-7+,17-8+. The van der Waals surface area contributed by atoms with E-state index in [1.807, 2.05) is 12.2 Å². The summed E-state index contributed by atoms with van der Waals surface area (Å²) >= 11 is 0.